The predicted octanol–water partition coefficient (Wildman–Crippen LogP) is 2.90. The third-order valence-electron chi connectivity index (χ3n) is 3.02. The molecule has 0 saturated heterocycles. The number of anilines is 2. The molecule has 2 rings (SSSR count). The number of amides is 1. The molecular formula is C15H15ClN2O4S. The minimum atomic E-state index is -4.57. The van der Waals surface area contributed by atoms with Crippen LogP contribution in [0.15, 0.2) is 48.5 Å². The van der Waals surface area contributed by atoms with Gasteiger partial charge in [-0.15, -0.1) is 0 Å². The molecule has 0 spiro atoms. The lowest BCUT2D eigenvalue weighted by molar-refractivity contribution is -0.114. The molecule has 0 radical (unpaired) electrons. The van der Waals surface area contributed by atoms with Crippen LogP contribution in [0.3, 0.4) is 0 Å². The lowest BCUT2D eigenvalue weighted by atomic mass is 10.2. The molecule has 0 aromatic heterocycles. The summed E-state index contributed by atoms with van der Waals surface area (Å²) in [6.45, 7) is 1.29. The zero-order valence-electron chi connectivity index (χ0n) is 12.2. The van der Waals surface area contributed by atoms with Crippen molar-refractivity contribution in [1.29, 1.82) is 0 Å². The number of halogens is 1. The molecule has 0 heterocycles. The van der Waals surface area contributed by atoms with E-state index in [2.05, 4.69) is 5.32 Å². The van der Waals surface area contributed by atoms with Gasteiger partial charge < -0.3 is 5.32 Å². The Balaban J connectivity index is 2.16. The van der Waals surface area contributed by atoms with E-state index in [1.807, 2.05) is 6.92 Å². The summed E-state index contributed by atoms with van der Waals surface area (Å²) in [6.07, 6.45) is 0. The van der Waals surface area contributed by atoms with E-state index in [0.29, 0.717) is 15.0 Å². The van der Waals surface area contributed by atoms with Crippen molar-refractivity contribution in [3.8, 4) is 0 Å². The molecule has 1 amide bonds. The number of rotatable bonds is 5. The number of hydrogen-bond acceptors (Lipinski definition) is 3. The van der Waals surface area contributed by atoms with Crippen LogP contribution in [0, 0.1) is 6.92 Å². The second kappa shape index (κ2) is 6.99. The minimum absolute atomic E-state index is 0.198. The summed E-state index contributed by atoms with van der Waals surface area (Å²) in [5.41, 5.74) is 1.60. The van der Waals surface area contributed by atoms with Crippen molar-refractivity contribution in [3.63, 3.8) is 0 Å². The van der Waals surface area contributed by atoms with Crippen LogP contribution in [0.2, 0.25) is 5.02 Å². The van der Waals surface area contributed by atoms with Crippen molar-refractivity contribution >= 4 is 39.2 Å². The quantitative estimate of drug-likeness (QED) is 0.808. The molecule has 122 valence electrons. The van der Waals surface area contributed by atoms with Crippen molar-refractivity contribution < 1.29 is 17.8 Å². The molecule has 0 fully saturated rings. The second-order valence-electron chi connectivity index (χ2n) is 4.88. The van der Waals surface area contributed by atoms with Gasteiger partial charge in [-0.05, 0) is 43.3 Å². The Hall–Kier alpha value is -2.09. The van der Waals surface area contributed by atoms with E-state index in [-0.39, 0.29) is 5.69 Å². The summed E-state index contributed by atoms with van der Waals surface area (Å²) in [6, 6.07) is 12.8. The van der Waals surface area contributed by atoms with Crippen molar-refractivity contribution in [2.75, 3.05) is 16.2 Å². The Labute approximate surface area is 139 Å². The molecule has 0 aliphatic heterocycles. The molecule has 0 atom stereocenters. The SMILES string of the molecule is Cc1ccc(N(CC(=O)Nc2ccc(Cl)cc2)S(=O)(=O)O)cc1. The van der Waals surface area contributed by atoms with E-state index in [9.17, 15) is 17.8 Å². The highest BCUT2D eigenvalue weighted by molar-refractivity contribution is 7.87. The van der Waals surface area contributed by atoms with Crippen molar-refractivity contribution in [2.24, 2.45) is 0 Å². The molecule has 0 aliphatic rings. The highest BCUT2D eigenvalue weighted by atomic mass is 35.5. The van der Waals surface area contributed by atoms with Gasteiger partial charge in [0.05, 0.1) is 5.69 Å². The van der Waals surface area contributed by atoms with E-state index in [0.717, 1.165) is 5.56 Å². The fraction of sp³-hybridized carbons (Fsp3) is 0.133. The summed E-state index contributed by atoms with van der Waals surface area (Å²) in [5, 5.41) is 3.05. The smallest absolute Gasteiger partial charge is 0.325 e. The molecule has 23 heavy (non-hydrogen) atoms. The van der Waals surface area contributed by atoms with Crippen LogP contribution in [0.1, 0.15) is 5.56 Å². The van der Waals surface area contributed by atoms with Crippen molar-refractivity contribution in [3.05, 3.63) is 59.1 Å². The zero-order chi connectivity index (χ0) is 17.0. The maximum atomic E-state index is 12.0. The number of nitrogens with zero attached hydrogens (tertiary/aromatic N) is 1. The monoisotopic (exact) mass is 354 g/mol. The zero-order valence-corrected chi connectivity index (χ0v) is 13.8. The lowest BCUT2D eigenvalue weighted by Gasteiger charge is -2.20. The van der Waals surface area contributed by atoms with E-state index in [1.165, 1.54) is 12.1 Å². The summed E-state index contributed by atoms with van der Waals surface area (Å²) >= 11 is 5.75. The first kappa shape index (κ1) is 17.3. The first-order chi connectivity index (χ1) is 10.8. The standard InChI is InChI=1S/C15H15ClN2O4S/c1-11-2-8-14(9-3-11)18(23(20,21)22)10-15(19)17-13-6-4-12(16)5-7-13/h2-9H,10H2,1H3,(H,17,19)(H,20,21,22). The summed E-state index contributed by atoms with van der Waals surface area (Å²) in [7, 11) is -4.57. The molecule has 2 aromatic carbocycles. The van der Waals surface area contributed by atoms with Gasteiger partial charge in [0.25, 0.3) is 0 Å². The highest BCUT2D eigenvalue weighted by Gasteiger charge is 2.22. The van der Waals surface area contributed by atoms with Gasteiger partial charge in [-0.1, -0.05) is 29.3 Å². The summed E-state index contributed by atoms with van der Waals surface area (Å²) < 4.78 is 33.0. The average Bonchev–Trinajstić information content (AvgIpc) is 2.47. The Morgan fingerprint density at radius 2 is 1.70 bits per heavy atom. The fourth-order valence-corrected chi connectivity index (χ4v) is 2.68. The van der Waals surface area contributed by atoms with Gasteiger partial charge >= 0.3 is 10.3 Å². The van der Waals surface area contributed by atoms with E-state index < -0.39 is 22.8 Å². The number of carbonyl (C=O) groups excluding carboxylic acids is 1. The van der Waals surface area contributed by atoms with Gasteiger partial charge in [0.1, 0.15) is 6.54 Å². The number of aryl methyl sites for hydroxylation is 1. The van der Waals surface area contributed by atoms with Crippen LogP contribution in [-0.4, -0.2) is 25.4 Å². The second-order valence-corrected chi connectivity index (χ2v) is 6.65. The van der Waals surface area contributed by atoms with E-state index in [4.69, 9.17) is 11.6 Å². The van der Waals surface area contributed by atoms with Crippen LogP contribution in [-0.2, 0) is 15.1 Å². The van der Waals surface area contributed by atoms with E-state index >= 15 is 0 Å². The maximum Gasteiger partial charge on any atom is 0.360 e. The Morgan fingerprint density at radius 3 is 2.22 bits per heavy atom. The first-order valence-corrected chi connectivity index (χ1v) is 8.40. The maximum absolute atomic E-state index is 12.0. The fourth-order valence-electron chi connectivity index (χ4n) is 1.88. The van der Waals surface area contributed by atoms with Crippen molar-refractivity contribution in [1.82, 2.24) is 0 Å². The minimum Gasteiger partial charge on any atom is -0.325 e. The van der Waals surface area contributed by atoms with Gasteiger partial charge in [-0.3, -0.25) is 9.35 Å². The normalized spacial score (nSPS) is 11.1. The molecule has 0 aliphatic carbocycles. The molecule has 0 saturated carbocycles. The largest absolute Gasteiger partial charge is 0.360 e. The van der Waals surface area contributed by atoms with Crippen molar-refractivity contribution in [2.45, 2.75) is 6.92 Å². The number of benzene rings is 2. The van der Waals surface area contributed by atoms with Crippen LogP contribution in [0.5, 0.6) is 0 Å². The Morgan fingerprint density at radius 1 is 1.13 bits per heavy atom. The third-order valence-corrected chi connectivity index (χ3v) is 4.16. The van der Waals surface area contributed by atoms with Gasteiger partial charge in [0, 0.05) is 10.7 Å². The average molecular weight is 355 g/mol. The van der Waals surface area contributed by atoms with E-state index in [1.54, 1.807) is 36.4 Å². The number of nitrogens with one attached hydrogen (secondary N) is 1. The predicted molar refractivity (Wildman–Crippen MR) is 90.2 cm³/mol. The molecule has 2 N–H and O–H groups in total. The third kappa shape index (κ3) is 4.95. The van der Waals surface area contributed by atoms with Gasteiger partial charge in [-0.2, -0.15) is 8.42 Å². The molecule has 0 unspecified atom stereocenters. The number of carbonyl (C=O) groups is 1. The molecule has 0 bridgehead atoms. The van der Waals surface area contributed by atoms with Gasteiger partial charge in [0.15, 0.2) is 0 Å². The Bertz CT molecular complexity index is 789. The molecule has 8 heteroatoms. The van der Waals surface area contributed by atoms with Gasteiger partial charge in [0.2, 0.25) is 5.91 Å². The molecule has 2 aromatic rings. The number of hydrogen-bond donors (Lipinski definition) is 2. The summed E-state index contributed by atoms with van der Waals surface area (Å²) in [4.78, 5) is 12.0. The molecular weight excluding hydrogens is 340 g/mol. The van der Waals surface area contributed by atoms with Gasteiger partial charge in [-0.25, -0.2) is 4.31 Å². The van der Waals surface area contributed by atoms with Crippen LogP contribution < -0.4 is 9.62 Å². The lowest BCUT2D eigenvalue weighted by Crippen LogP contribution is -2.37. The van der Waals surface area contributed by atoms with Crippen LogP contribution >= 0.6 is 11.6 Å². The first-order valence-electron chi connectivity index (χ1n) is 6.63. The van der Waals surface area contributed by atoms with Crippen LogP contribution in [0.25, 0.3) is 0 Å². The van der Waals surface area contributed by atoms with Crippen LogP contribution in [0.4, 0.5) is 11.4 Å². The Kier molecular flexibility index (Phi) is 5.25. The summed E-state index contributed by atoms with van der Waals surface area (Å²) in [5.74, 6) is -0.592. The molecule has 6 nitrogen and oxygen atoms in total. The highest BCUT2D eigenvalue weighted by Crippen LogP contribution is 2.18. The topological polar surface area (TPSA) is 86.7 Å².